The van der Waals surface area contributed by atoms with E-state index >= 15 is 0 Å². The van der Waals surface area contributed by atoms with Gasteiger partial charge in [0.2, 0.25) is 0 Å². The van der Waals surface area contributed by atoms with Crippen LogP contribution in [0.4, 0.5) is 0 Å². The summed E-state index contributed by atoms with van der Waals surface area (Å²) in [5.41, 5.74) is -0.255. The lowest BCUT2D eigenvalue weighted by atomic mass is 9.94. The van der Waals surface area contributed by atoms with Gasteiger partial charge in [0.05, 0.1) is 5.56 Å². The number of benzene rings is 4. The fraction of sp³-hybridized carbons (Fsp3) is 0.172. The Morgan fingerprint density at radius 3 is 1.98 bits per heavy atom. The molecule has 1 aliphatic heterocycles. The van der Waals surface area contributed by atoms with Gasteiger partial charge in [0.15, 0.2) is 40.6 Å². The van der Waals surface area contributed by atoms with Gasteiger partial charge in [0.1, 0.15) is 47.1 Å². The van der Waals surface area contributed by atoms with Crippen LogP contribution in [0.5, 0.6) is 63.2 Å². The Labute approximate surface area is 241 Å². The summed E-state index contributed by atoms with van der Waals surface area (Å²) in [4.78, 5) is 11.1. The zero-order valence-corrected chi connectivity index (χ0v) is 21.9. The number of hydrogen-bond donors (Lipinski definition) is 11. The van der Waals surface area contributed by atoms with Crippen molar-refractivity contribution < 1.29 is 70.7 Å². The Hall–Kier alpha value is -5.44. The summed E-state index contributed by atoms with van der Waals surface area (Å²) in [6, 6.07) is 9.67. The second kappa shape index (κ2) is 11.1. The third-order valence-electron chi connectivity index (χ3n) is 6.89. The molecule has 4 aromatic carbocycles. The highest BCUT2D eigenvalue weighted by Gasteiger charge is 2.37. The first-order valence-corrected chi connectivity index (χ1v) is 12.6. The Kier molecular flexibility index (Phi) is 7.50. The van der Waals surface area contributed by atoms with Crippen LogP contribution in [0.2, 0.25) is 0 Å². The van der Waals surface area contributed by atoms with Crippen LogP contribution in [0, 0.1) is 0 Å². The van der Waals surface area contributed by atoms with Gasteiger partial charge in [0, 0.05) is 36.2 Å². The molecule has 11 N–H and O–H groups in total. The monoisotopic (exact) mass is 598 g/mol. The zero-order valence-electron chi connectivity index (χ0n) is 21.9. The van der Waals surface area contributed by atoms with Gasteiger partial charge in [-0.05, 0) is 35.4 Å². The summed E-state index contributed by atoms with van der Waals surface area (Å²) < 4.78 is 5.96. The van der Waals surface area contributed by atoms with E-state index < -0.39 is 76.0 Å². The summed E-state index contributed by atoms with van der Waals surface area (Å²) in [7, 11) is 0. The fourth-order valence-corrected chi connectivity index (χ4v) is 4.75. The van der Waals surface area contributed by atoms with Crippen LogP contribution < -0.4 is 9.62 Å². The van der Waals surface area contributed by atoms with E-state index in [4.69, 9.17) is 14.5 Å². The molecule has 0 saturated carbocycles. The Balaban J connectivity index is 1.49. The molecule has 0 aromatic heterocycles. The predicted molar refractivity (Wildman–Crippen MR) is 143 cm³/mol. The lowest BCUT2D eigenvalue weighted by Crippen LogP contribution is -2.34. The topological polar surface area (TPSA) is 250 Å². The second-order valence-corrected chi connectivity index (χ2v) is 9.82. The van der Waals surface area contributed by atoms with Gasteiger partial charge >= 0.3 is 0 Å². The number of phenolic OH excluding ortho intramolecular Hbond substituents is 9. The van der Waals surface area contributed by atoms with Crippen molar-refractivity contribution in [3.63, 3.8) is 0 Å². The molecule has 0 saturated heterocycles. The summed E-state index contributed by atoms with van der Waals surface area (Å²) in [6.07, 6.45) is -6.27. The molecule has 0 amide bonds. The van der Waals surface area contributed by atoms with Crippen LogP contribution in [0.25, 0.3) is 0 Å². The van der Waals surface area contributed by atoms with Crippen molar-refractivity contribution in [2.45, 2.75) is 30.8 Å². The van der Waals surface area contributed by atoms with Gasteiger partial charge in [-0.25, -0.2) is 0 Å². The number of ether oxygens (including phenoxy) is 1. The average Bonchev–Trinajstić information content (AvgIpc) is 2.94. The van der Waals surface area contributed by atoms with Crippen LogP contribution in [0.15, 0.2) is 54.6 Å². The van der Waals surface area contributed by atoms with E-state index in [1.807, 2.05) is 0 Å². The minimum absolute atomic E-state index is 0.0875. The summed E-state index contributed by atoms with van der Waals surface area (Å²) in [5.74, 6) is -5.62. The maximum Gasteiger partial charge on any atom is 0.200 e. The highest BCUT2D eigenvalue weighted by molar-refractivity contribution is 5.55. The number of hydrogen-bond acceptors (Lipinski definition) is 14. The summed E-state index contributed by atoms with van der Waals surface area (Å²) in [6.45, 7) is 0. The molecule has 0 bridgehead atoms. The first-order chi connectivity index (χ1) is 20.3. The lowest BCUT2D eigenvalue weighted by Gasteiger charge is -2.33. The van der Waals surface area contributed by atoms with Crippen LogP contribution in [0.1, 0.15) is 40.6 Å². The third-order valence-corrected chi connectivity index (χ3v) is 6.89. The van der Waals surface area contributed by atoms with E-state index in [0.717, 1.165) is 30.3 Å². The van der Waals surface area contributed by atoms with E-state index in [1.165, 1.54) is 24.3 Å². The first-order valence-electron chi connectivity index (χ1n) is 12.6. The molecule has 4 unspecified atom stereocenters. The second-order valence-electron chi connectivity index (χ2n) is 9.82. The molecule has 14 nitrogen and oxygen atoms in total. The number of aliphatic hydroxyl groups excluding tert-OH is 2. The Bertz CT molecular complexity index is 1660. The third kappa shape index (κ3) is 5.57. The molecule has 4 atom stereocenters. The molecule has 4 aromatic rings. The molecule has 43 heavy (non-hydrogen) atoms. The van der Waals surface area contributed by atoms with Crippen molar-refractivity contribution >= 4 is 0 Å². The normalized spacial score (nSPS) is 17.4. The number of fused-ring (bicyclic) bond motifs is 1. The van der Waals surface area contributed by atoms with Crippen LogP contribution in [-0.2, 0) is 11.3 Å². The highest BCUT2D eigenvalue weighted by atomic mass is 17.2. The molecule has 14 heteroatoms. The van der Waals surface area contributed by atoms with Crippen molar-refractivity contribution in [3.05, 3.63) is 76.9 Å². The minimum Gasteiger partial charge on any atom is -0.508 e. The molecule has 0 fully saturated rings. The predicted octanol–water partition coefficient (Wildman–Crippen LogP) is 2.86. The fourth-order valence-electron chi connectivity index (χ4n) is 4.75. The largest absolute Gasteiger partial charge is 0.508 e. The molecule has 0 aliphatic carbocycles. The average molecular weight is 599 g/mol. The van der Waals surface area contributed by atoms with Crippen LogP contribution in [0.3, 0.4) is 0 Å². The van der Waals surface area contributed by atoms with E-state index in [-0.39, 0.29) is 40.4 Å². The lowest BCUT2D eigenvalue weighted by molar-refractivity contribution is -0.267. The summed E-state index contributed by atoms with van der Waals surface area (Å²) >= 11 is 0. The molecular formula is C29H26O14. The van der Waals surface area contributed by atoms with Crippen LogP contribution >= 0.6 is 0 Å². The van der Waals surface area contributed by atoms with E-state index in [0.29, 0.717) is 0 Å². The number of aliphatic hydroxyl groups is 2. The van der Waals surface area contributed by atoms with Gasteiger partial charge in [-0.2, -0.15) is 4.89 Å². The quantitative estimate of drug-likeness (QED) is 0.0832. The maximum atomic E-state index is 11.0. The number of phenols is 9. The molecule has 5 rings (SSSR count). The van der Waals surface area contributed by atoms with E-state index in [9.17, 15) is 56.2 Å². The molecule has 1 aliphatic rings. The van der Waals surface area contributed by atoms with Gasteiger partial charge in [-0.3, -0.25) is 0 Å². The Morgan fingerprint density at radius 2 is 1.30 bits per heavy atom. The van der Waals surface area contributed by atoms with Crippen molar-refractivity contribution in [2.75, 3.05) is 0 Å². The van der Waals surface area contributed by atoms with Gasteiger partial charge < -0.3 is 65.8 Å². The standard InChI is InChI=1S/C29H26O14/c30-13-6-17(33)15-10-24(29(41-22(15)8-13)11-1-2-16(32)18(34)3-11)43-42-23-9-14(31)7-19(35)25(23)28(40)26(38)12-4-20(36)27(39)21(37)5-12/h1-9,24,26,28-40H,10H2. The van der Waals surface area contributed by atoms with Crippen molar-refractivity contribution in [2.24, 2.45) is 0 Å². The SMILES string of the molecule is Oc1cc(O)c2c(c1)OC(c1ccc(O)c(O)c1)C(OOc1cc(O)cc(O)c1C(O)C(O)c1cc(O)c(O)c(O)c1)C2. The number of aromatic hydroxyl groups is 9. The van der Waals surface area contributed by atoms with E-state index in [1.54, 1.807) is 0 Å². The molecule has 0 spiro atoms. The molecule has 1 heterocycles. The number of rotatable bonds is 7. The van der Waals surface area contributed by atoms with Crippen LogP contribution in [-0.4, -0.2) is 62.3 Å². The maximum absolute atomic E-state index is 11.0. The van der Waals surface area contributed by atoms with Crippen molar-refractivity contribution in [1.29, 1.82) is 0 Å². The van der Waals surface area contributed by atoms with Gasteiger partial charge in [0.25, 0.3) is 0 Å². The smallest absolute Gasteiger partial charge is 0.200 e. The molecule has 0 radical (unpaired) electrons. The summed E-state index contributed by atoms with van der Waals surface area (Å²) in [5, 5.41) is 112. The van der Waals surface area contributed by atoms with Gasteiger partial charge in [-0.15, -0.1) is 0 Å². The zero-order chi connectivity index (χ0) is 31.2. The van der Waals surface area contributed by atoms with E-state index in [2.05, 4.69) is 0 Å². The van der Waals surface area contributed by atoms with Crippen molar-refractivity contribution in [3.8, 4) is 63.2 Å². The molecular weight excluding hydrogens is 572 g/mol. The van der Waals surface area contributed by atoms with Gasteiger partial charge in [-0.1, -0.05) is 6.07 Å². The molecule has 226 valence electrons. The van der Waals surface area contributed by atoms with Crippen molar-refractivity contribution in [1.82, 2.24) is 0 Å². The highest BCUT2D eigenvalue weighted by Crippen LogP contribution is 2.47. The minimum atomic E-state index is -2.01. The Morgan fingerprint density at radius 1 is 0.651 bits per heavy atom. The first kappa shape index (κ1) is 29.1.